The van der Waals surface area contributed by atoms with Crippen molar-refractivity contribution < 1.29 is 27.5 Å². The van der Waals surface area contributed by atoms with Gasteiger partial charge in [0.05, 0.1) is 25.4 Å². The van der Waals surface area contributed by atoms with Crippen molar-refractivity contribution in [3.63, 3.8) is 0 Å². The summed E-state index contributed by atoms with van der Waals surface area (Å²) in [6, 6.07) is 3.08. The molecule has 186 valence electrons. The zero-order chi connectivity index (χ0) is 25.3. The molecule has 35 heavy (non-hydrogen) atoms. The molecule has 2 aromatic rings. The van der Waals surface area contributed by atoms with Crippen LogP contribution in [-0.2, 0) is 24.2 Å². The number of nitrogens with one attached hydrogen (secondary N) is 1. The third-order valence-electron chi connectivity index (χ3n) is 6.17. The van der Waals surface area contributed by atoms with Crippen LogP contribution in [0.15, 0.2) is 18.2 Å². The molecule has 2 aliphatic rings. The van der Waals surface area contributed by atoms with Crippen molar-refractivity contribution in [1.82, 2.24) is 19.6 Å². The molecule has 12 heteroatoms. The van der Waals surface area contributed by atoms with Crippen LogP contribution in [0.1, 0.15) is 28.7 Å². The fourth-order valence-electron chi connectivity index (χ4n) is 4.49. The van der Waals surface area contributed by atoms with Crippen LogP contribution in [0.3, 0.4) is 0 Å². The topological polar surface area (TPSA) is 84.1 Å². The van der Waals surface area contributed by atoms with Crippen LogP contribution in [0.2, 0.25) is 0 Å². The second-order valence-electron chi connectivity index (χ2n) is 8.83. The van der Waals surface area contributed by atoms with Gasteiger partial charge in [0.15, 0.2) is 0 Å². The van der Waals surface area contributed by atoms with E-state index in [1.807, 2.05) is 6.92 Å². The summed E-state index contributed by atoms with van der Waals surface area (Å²) in [6.45, 7) is 9.11. The highest BCUT2D eigenvalue weighted by Gasteiger charge is 2.37. The quantitative estimate of drug-likeness (QED) is 0.650. The highest BCUT2D eigenvalue weighted by Crippen LogP contribution is 2.30. The van der Waals surface area contributed by atoms with Crippen LogP contribution in [0.4, 0.5) is 29.3 Å². The summed E-state index contributed by atoms with van der Waals surface area (Å²) in [5, 5.41) is 7.32. The Hall–Kier alpha value is -3.59. The maximum Gasteiger partial charge on any atom is 0.322 e. The van der Waals surface area contributed by atoms with E-state index >= 15 is 0 Å². The zero-order valence-electron chi connectivity index (χ0n) is 19.3. The summed E-state index contributed by atoms with van der Waals surface area (Å²) in [6.07, 6.45) is -2.14. The first-order valence-electron chi connectivity index (χ1n) is 11.1. The molecule has 0 fully saturated rings. The smallest absolute Gasteiger partial charge is 0.322 e. The lowest BCUT2D eigenvalue weighted by molar-refractivity contribution is -0.00113. The average molecular weight is 490 g/mol. The van der Waals surface area contributed by atoms with E-state index in [1.54, 1.807) is 16.6 Å². The van der Waals surface area contributed by atoms with E-state index in [4.69, 9.17) is 11.3 Å². The Morgan fingerprint density at radius 2 is 2.14 bits per heavy atom. The maximum atomic E-state index is 13.6. The van der Waals surface area contributed by atoms with Gasteiger partial charge in [-0.1, -0.05) is 0 Å². The van der Waals surface area contributed by atoms with Crippen molar-refractivity contribution in [2.24, 2.45) is 5.92 Å². The minimum absolute atomic E-state index is 0.0706. The Kier molecular flexibility index (Phi) is 6.98. The van der Waals surface area contributed by atoms with Gasteiger partial charge >= 0.3 is 6.03 Å². The monoisotopic (exact) mass is 490 g/mol. The number of fused-ring (bicyclic) bond motifs is 3. The summed E-state index contributed by atoms with van der Waals surface area (Å²) >= 11 is 0. The summed E-state index contributed by atoms with van der Waals surface area (Å²) in [4.78, 5) is 32.4. The molecule has 1 aromatic heterocycles. The molecule has 3 heterocycles. The number of ether oxygens (including phenoxy) is 1. The number of carbonyl (C=O) groups excluding carboxylic acids is 2. The largest absolute Gasteiger partial charge is 0.375 e. The lowest BCUT2D eigenvalue weighted by atomic mass is 9.99. The van der Waals surface area contributed by atoms with E-state index in [2.05, 4.69) is 15.3 Å². The van der Waals surface area contributed by atoms with Crippen LogP contribution in [-0.4, -0.2) is 70.8 Å². The first kappa shape index (κ1) is 24.5. The van der Waals surface area contributed by atoms with Gasteiger partial charge in [-0.25, -0.2) is 22.8 Å². The Labute approximate surface area is 200 Å². The molecule has 2 unspecified atom stereocenters. The van der Waals surface area contributed by atoms with Crippen LogP contribution < -0.4 is 5.32 Å². The Morgan fingerprint density at radius 1 is 1.37 bits per heavy atom. The van der Waals surface area contributed by atoms with Crippen molar-refractivity contribution in [2.75, 3.05) is 32.1 Å². The van der Waals surface area contributed by atoms with Crippen LogP contribution in [0, 0.1) is 18.3 Å². The molecule has 2 atom stereocenters. The van der Waals surface area contributed by atoms with Gasteiger partial charge in [-0.2, -0.15) is 5.10 Å². The molecule has 4 rings (SSSR count). The van der Waals surface area contributed by atoms with Gasteiger partial charge in [-0.15, -0.1) is 0 Å². The standard InChI is InChI=1S/C23H25F3N6O3/c1-13-6-18-16(10-31(13)23(34)28-15-4-5-17(24)19(7-15)27-2)21-22(33)30(3)8-14(9-32(21)29-18)11-35-12-20(25)26/h4-5,7,13-14,20H,6,8-12H2,1,3H3,(H,28,34). The average Bonchev–Trinajstić information content (AvgIpc) is 3.09. The van der Waals surface area contributed by atoms with Crippen molar-refractivity contribution in [3.8, 4) is 0 Å². The number of aromatic nitrogens is 2. The minimum atomic E-state index is -2.56. The molecule has 0 spiro atoms. The number of rotatable bonds is 5. The predicted molar refractivity (Wildman–Crippen MR) is 120 cm³/mol. The second-order valence-corrected chi connectivity index (χ2v) is 8.83. The van der Waals surface area contributed by atoms with Crippen LogP contribution in [0.5, 0.6) is 0 Å². The van der Waals surface area contributed by atoms with E-state index in [0.29, 0.717) is 36.5 Å². The second kappa shape index (κ2) is 9.95. The number of anilines is 1. The van der Waals surface area contributed by atoms with Gasteiger partial charge in [0.1, 0.15) is 18.1 Å². The number of benzene rings is 1. The van der Waals surface area contributed by atoms with Crippen molar-refractivity contribution in [1.29, 1.82) is 0 Å². The number of carbonyl (C=O) groups is 2. The molecule has 0 saturated heterocycles. The van der Waals surface area contributed by atoms with Gasteiger partial charge in [-0.05, 0) is 25.1 Å². The molecule has 0 aliphatic carbocycles. The third kappa shape index (κ3) is 5.09. The number of alkyl halides is 2. The van der Waals surface area contributed by atoms with Crippen molar-refractivity contribution in [2.45, 2.75) is 38.9 Å². The van der Waals surface area contributed by atoms with E-state index in [-0.39, 0.29) is 42.4 Å². The lowest BCUT2D eigenvalue weighted by Crippen LogP contribution is -2.45. The lowest BCUT2D eigenvalue weighted by Gasteiger charge is -2.33. The number of nitrogens with zero attached hydrogens (tertiary/aromatic N) is 5. The third-order valence-corrected chi connectivity index (χ3v) is 6.17. The molecule has 3 amide bonds. The van der Waals surface area contributed by atoms with E-state index in [1.165, 1.54) is 17.0 Å². The van der Waals surface area contributed by atoms with Gasteiger partial charge < -0.3 is 19.9 Å². The molecule has 9 nitrogen and oxygen atoms in total. The van der Waals surface area contributed by atoms with Gasteiger partial charge in [0.25, 0.3) is 12.3 Å². The Balaban J connectivity index is 1.55. The number of amides is 3. The number of hydrogen-bond acceptors (Lipinski definition) is 4. The first-order valence-corrected chi connectivity index (χ1v) is 11.1. The maximum absolute atomic E-state index is 13.6. The number of urea groups is 1. The molecular weight excluding hydrogens is 465 g/mol. The normalized spacial score (nSPS) is 19.7. The predicted octanol–water partition coefficient (Wildman–Crippen LogP) is 3.54. The summed E-state index contributed by atoms with van der Waals surface area (Å²) in [7, 11) is 1.64. The van der Waals surface area contributed by atoms with Crippen LogP contribution >= 0.6 is 0 Å². The zero-order valence-corrected chi connectivity index (χ0v) is 19.3. The molecule has 0 radical (unpaired) electrons. The minimum Gasteiger partial charge on any atom is -0.375 e. The molecule has 2 aliphatic heterocycles. The highest BCUT2D eigenvalue weighted by atomic mass is 19.3. The summed E-state index contributed by atoms with van der Waals surface area (Å²) in [5.74, 6) is -1.14. The van der Waals surface area contributed by atoms with E-state index in [9.17, 15) is 22.8 Å². The number of halogens is 3. The number of hydrogen-bond donors (Lipinski definition) is 1. The SMILES string of the molecule is [C-]#[N+]c1cc(NC(=O)N2Cc3c(nn4c3C(=O)N(C)CC(COCC(F)F)C4)CC2C)ccc1F. The highest BCUT2D eigenvalue weighted by molar-refractivity contribution is 5.95. The fraction of sp³-hybridized carbons (Fsp3) is 0.478. The van der Waals surface area contributed by atoms with E-state index in [0.717, 1.165) is 6.07 Å². The van der Waals surface area contributed by atoms with Gasteiger partial charge in [0, 0.05) is 49.8 Å². The molecule has 1 N–H and O–H groups in total. The van der Waals surface area contributed by atoms with Gasteiger partial charge in [0.2, 0.25) is 5.69 Å². The summed E-state index contributed by atoms with van der Waals surface area (Å²) in [5.41, 5.74) is 1.83. The molecule has 0 bridgehead atoms. The van der Waals surface area contributed by atoms with Gasteiger partial charge in [-0.3, -0.25) is 9.48 Å². The van der Waals surface area contributed by atoms with Crippen molar-refractivity contribution in [3.05, 3.63) is 52.4 Å². The molecular formula is C23H25F3N6O3. The van der Waals surface area contributed by atoms with Crippen LogP contribution in [0.25, 0.3) is 4.85 Å². The first-order chi connectivity index (χ1) is 16.7. The molecule has 0 saturated carbocycles. The fourth-order valence-corrected chi connectivity index (χ4v) is 4.49. The summed E-state index contributed by atoms with van der Waals surface area (Å²) < 4.78 is 45.2. The Bertz CT molecular complexity index is 1180. The molecule has 1 aromatic carbocycles. The Morgan fingerprint density at radius 3 is 2.86 bits per heavy atom. The van der Waals surface area contributed by atoms with Crippen molar-refractivity contribution >= 4 is 23.3 Å². The van der Waals surface area contributed by atoms with E-state index < -0.39 is 24.9 Å².